The van der Waals surface area contributed by atoms with Crippen LogP contribution in [0, 0.1) is 0 Å². The molecule has 1 aliphatic rings. The van der Waals surface area contributed by atoms with Gasteiger partial charge < -0.3 is 16.6 Å². The predicted molar refractivity (Wildman–Crippen MR) is 48.9 cm³/mol. The quantitative estimate of drug-likeness (QED) is 0.567. The van der Waals surface area contributed by atoms with Gasteiger partial charge in [0.2, 0.25) is 5.91 Å². The highest BCUT2D eigenvalue weighted by molar-refractivity contribution is 6.92. The van der Waals surface area contributed by atoms with Crippen molar-refractivity contribution in [2.75, 3.05) is 6.61 Å². The lowest BCUT2D eigenvalue weighted by molar-refractivity contribution is -0.132. The zero-order valence-corrected chi connectivity index (χ0v) is 8.13. The minimum Gasteiger partial charge on any atom is -0.368 e. The fourth-order valence-corrected chi connectivity index (χ4v) is 0.965. The van der Waals surface area contributed by atoms with Crippen LogP contribution < -0.4 is 11.9 Å². The van der Waals surface area contributed by atoms with Crippen molar-refractivity contribution in [1.29, 1.82) is 0 Å². The van der Waals surface area contributed by atoms with Gasteiger partial charge >= 0.3 is 0 Å². The van der Waals surface area contributed by atoms with Gasteiger partial charge in [0.05, 0.1) is 0 Å². The Morgan fingerprint density at radius 3 is 2.36 bits per heavy atom. The molecular formula is C6H17N2O2P. The normalized spacial score (nSPS) is 22.7. The van der Waals surface area contributed by atoms with Gasteiger partial charge in [-0.3, -0.25) is 4.79 Å². The summed E-state index contributed by atoms with van der Waals surface area (Å²) in [5, 5.41) is 0. The Morgan fingerprint density at radius 2 is 2.09 bits per heavy atom. The van der Waals surface area contributed by atoms with Gasteiger partial charge in [0.1, 0.15) is 6.10 Å². The highest BCUT2D eigenvalue weighted by atomic mass is 31.0. The number of amides is 1. The van der Waals surface area contributed by atoms with E-state index >= 15 is 0 Å². The molecule has 11 heavy (non-hydrogen) atoms. The molecule has 0 aliphatic carbocycles. The maximum atomic E-state index is 10.5. The molecule has 0 aromatic rings. The first-order chi connectivity index (χ1) is 4.30. The molecule has 5 N–H and O–H groups in total. The van der Waals surface area contributed by atoms with Crippen LogP contribution in [0.1, 0.15) is 19.3 Å². The minimum absolute atomic E-state index is 0. The molecular weight excluding hydrogens is 163 g/mol. The van der Waals surface area contributed by atoms with Crippen molar-refractivity contribution in [2.45, 2.75) is 25.4 Å². The summed E-state index contributed by atoms with van der Waals surface area (Å²) >= 11 is 0. The summed E-state index contributed by atoms with van der Waals surface area (Å²) in [6, 6.07) is 0. The fourth-order valence-electron chi connectivity index (χ4n) is 0.965. The van der Waals surface area contributed by atoms with Crippen LogP contribution in [0.3, 0.4) is 0 Å². The average molecular weight is 180 g/mol. The third kappa shape index (κ3) is 4.30. The highest BCUT2D eigenvalue weighted by Crippen LogP contribution is 2.11. The van der Waals surface area contributed by atoms with Crippen LogP contribution in [0.2, 0.25) is 0 Å². The van der Waals surface area contributed by atoms with Gasteiger partial charge in [-0.1, -0.05) is 0 Å². The third-order valence-corrected chi connectivity index (χ3v) is 1.50. The van der Waals surface area contributed by atoms with E-state index in [0.29, 0.717) is 6.61 Å². The van der Waals surface area contributed by atoms with Crippen molar-refractivity contribution >= 4 is 15.8 Å². The van der Waals surface area contributed by atoms with Crippen molar-refractivity contribution in [3.8, 4) is 0 Å². The first kappa shape index (κ1) is 13.4. The Hall–Kier alpha value is -0.180. The summed E-state index contributed by atoms with van der Waals surface area (Å²) in [5.41, 5.74) is 5.00. The lowest BCUT2D eigenvalue weighted by Gasteiger charge is -2.18. The van der Waals surface area contributed by atoms with E-state index in [2.05, 4.69) is 0 Å². The molecule has 1 amide bonds. The molecule has 1 rings (SSSR count). The molecule has 1 saturated heterocycles. The van der Waals surface area contributed by atoms with E-state index in [-0.39, 0.29) is 28.1 Å². The van der Waals surface area contributed by atoms with Gasteiger partial charge in [0, 0.05) is 6.61 Å². The lowest BCUT2D eigenvalue weighted by atomic mass is 10.1. The van der Waals surface area contributed by atoms with Crippen molar-refractivity contribution < 1.29 is 9.53 Å². The molecule has 1 heterocycles. The summed E-state index contributed by atoms with van der Waals surface area (Å²) in [5.74, 6) is -0.324. The number of carbonyl (C=O) groups excluding carboxylic acids is 1. The molecule has 4 nitrogen and oxygen atoms in total. The molecule has 2 unspecified atom stereocenters. The summed E-state index contributed by atoms with van der Waals surface area (Å²) in [6.07, 6.45) is 2.62. The van der Waals surface area contributed by atoms with Gasteiger partial charge in [-0.05, 0) is 19.3 Å². The third-order valence-electron chi connectivity index (χ3n) is 1.50. The van der Waals surface area contributed by atoms with Gasteiger partial charge in [-0.25, -0.2) is 0 Å². The zero-order valence-electron chi connectivity index (χ0n) is 6.71. The van der Waals surface area contributed by atoms with E-state index in [4.69, 9.17) is 10.5 Å². The molecule has 0 saturated carbocycles. The van der Waals surface area contributed by atoms with E-state index in [1.807, 2.05) is 0 Å². The number of nitrogens with two attached hydrogens (primary N) is 1. The van der Waals surface area contributed by atoms with Crippen LogP contribution in [-0.4, -0.2) is 18.6 Å². The number of hydrogen-bond donors (Lipinski definition) is 2. The van der Waals surface area contributed by atoms with Crippen molar-refractivity contribution in [1.82, 2.24) is 6.15 Å². The Labute approximate surface area is 70.1 Å². The van der Waals surface area contributed by atoms with E-state index in [9.17, 15) is 4.79 Å². The van der Waals surface area contributed by atoms with E-state index in [1.165, 1.54) is 0 Å². The molecule has 1 fully saturated rings. The molecule has 1 aliphatic heterocycles. The van der Waals surface area contributed by atoms with E-state index in [1.54, 1.807) is 0 Å². The SMILES string of the molecule is N.NC(=O)C1CCCCO1.P. The molecule has 68 valence electrons. The molecule has 0 radical (unpaired) electrons. The number of carbonyl (C=O) groups is 1. The largest absolute Gasteiger partial charge is 0.368 e. The van der Waals surface area contributed by atoms with Crippen molar-refractivity contribution in [3.05, 3.63) is 0 Å². The topological polar surface area (TPSA) is 87.3 Å². The maximum absolute atomic E-state index is 10.5. The zero-order chi connectivity index (χ0) is 6.69. The van der Waals surface area contributed by atoms with Gasteiger partial charge in [-0.15, -0.1) is 0 Å². The number of hydrogen-bond acceptors (Lipinski definition) is 3. The molecule has 0 aromatic carbocycles. The lowest BCUT2D eigenvalue weighted by Crippen LogP contribution is -2.33. The molecule has 5 heteroatoms. The Balaban J connectivity index is 0. The molecule has 0 aromatic heterocycles. The second-order valence-electron chi connectivity index (χ2n) is 2.26. The second-order valence-corrected chi connectivity index (χ2v) is 2.26. The Bertz CT molecular complexity index is 115. The maximum Gasteiger partial charge on any atom is 0.246 e. The van der Waals surface area contributed by atoms with Crippen molar-refractivity contribution in [2.24, 2.45) is 5.73 Å². The van der Waals surface area contributed by atoms with Crippen LogP contribution in [0.15, 0.2) is 0 Å². The number of primary amides is 1. The van der Waals surface area contributed by atoms with Crippen LogP contribution in [0.5, 0.6) is 0 Å². The predicted octanol–water partition coefficient (Wildman–Crippen LogP) is 0.261. The van der Waals surface area contributed by atoms with Crippen molar-refractivity contribution in [3.63, 3.8) is 0 Å². The standard InChI is InChI=1S/C6H11NO2.H3N.H3P/c7-6(8)5-3-1-2-4-9-5;;/h5H,1-4H2,(H2,7,8);2*1H3. The summed E-state index contributed by atoms with van der Waals surface area (Å²) < 4.78 is 5.06. The van der Waals surface area contributed by atoms with Crippen LogP contribution in [0.25, 0.3) is 0 Å². The highest BCUT2D eigenvalue weighted by Gasteiger charge is 2.18. The van der Waals surface area contributed by atoms with Crippen LogP contribution >= 0.6 is 9.90 Å². The summed E-state index contributed by atoms with van der Waals surface area (Å²) in [6.45, 7) is 0.688. The van der Waals surface area contributed by atoms with Gasteiger partial charge in [0.25, 0.3) is 0 Å². The van der Waals surface area contributed by atoms with Gasteiger partial charge in [0.15, 0.2) is 0 Å². The van der Waals surface area contributed by atoms with Crippen LogP contribution in [-0.2, 0) is 9.53 Å². The van der Waals surface area contributed by atoms with Gasteiger partial charge in [-0.2, -0.15) is 9.90 Å². The first-order valence-corrected chi connectivity index (χ1v) is 3.21. The molecule has 2 atom stereocenters. The molecule has 0 spiro atoms. The van der Waals surface area contributed by atoms with E-state index < -0.39 is 0 Å². The summed E-state index contributed by atoms with van der Waals surface area (Å²) in [4.78, 5) is 10.5. The first-order valence-electron chi connectivity index (χ1n) is 3.21. The summed E-state index contributed by atoms with van der Waals surface area (Å²) in [7, 11) is 0. The fraction of sp³-hybridized carbons (Fsp3) is 0.833. The number of rotatable bonds is 1. The van der Waals surface area contributed by atoms with E-state index in [0.717, 1.165) is 19.3 Å². The monoisotopic (exact) mass is 180 g/mol. The Kier molecular flexibility index (Phi) is 7.96. The molecule has 0 bridgehead atoms. The Morgan fingerprint density at radius 1 is 1.45 bits per heavy atom. The number of ether oxygens (including phenoxy) is 1. The second kappa shape index (κ2) is 6.53. The minimum atomic E-state index is -0.324. The average Bonchev–Trinajstić information content (AvgIpc) is 1.90. The van der Waals surface area contributed by atoms with Crippen LogP contribution in [0.4, 0.5) is 0 Å². The smallest absolute Gasteiger partial charge is 0.246 e.